The van der Waals surface area contributed by atoms with Gasteiger partial charge in [-0.2, -0.15) is 0 Å². The van der Waals surface area contributed by atoms with Crippen molar-refractivity contribution in [1.29, 1.82) is 0 Å². The molecule has 1 N–H and O–H groups in total. The standard InChI is InChI=1S/C6H13NO.C3H9N.CH2O/c1-5(8)7-6(2,3)4;1-4(2)3;1-2/h1-4H3,(H,7,8);1-3H3;1H2. The summed E-state index contributed by atoms with van der Waals surface area (Å²) < 4.78 is 0. The molecule has 0 unspecified atom stereocenters. The summed E-state index contributed by atoms with van der Waals surface area (Å²) >= 11 is 0. The van der Waals surface area contributed by atoms with E-state index in [1.54, 1.807) is 0 Å². The third kappa shape index (κ3) is 67.4. The molecule has 4 nitrogen and oxygen atoms in total. The van der Waals surface area contributed by atoms with Crippen LogP contribution >= 0.6 is 0 Å². The molecule has 0 fully saturated rings. The molecule has 0 saturated heterocycles. The molecule has 4 heteroatoms. The van der Waals surface area contributed by atoms with Crippen molar-refractivity contribution in [1.82, 2.24) is 10.2 Å². The summed E-state index contributed by atoms with van der Waals surface area (Å²) in [4.78, 5) is 20.3. The molecule has 0 spiro atoms. The molecular formula is C10H24N2O2. The molecule has 0 atom stereocenters. The summed E-state index contributed by atoms with van der Waals surface area (Å²) in [5.41, 5.74) is -0.0775. The minimum atomic E-state index is -0.0775. The average molecular weight is 204 g/mol. The molecular weight excluding hydrogens is 180 g/mol. The zero-order valence-corrected chi connectivity index (χ0v) is 10.5. The first-order valence-electron chi connectivity index (χ1n) is 4.33. The van der Waals surface area contributed by atoms with Crippen molar-refractivity contribution in [2.24, 2.45) is 0 Å². The largest absolute Gasteiger partial charge is 0.352 e. The number of hydrogen-bond acceptors (Lipinski definition) is 3. The molecule has 0 aliphatic rings. The van der Waals surface area contributed by atoms with Gasteiger partial charge in [-0.3, -0.25) is 4.79 Å². The van der Waals surface area contributed by atoms with E-state index in [0.717, 1.165) is 0 Å². The van der Waals surface area contributed by atoms with Crippen LogP contribution in [0.3, 0.4) is 0 Å². The minimum absolute atomic E-state index is 0.0255. The molecule has 0 radical (unpaired) electrons. The molecule has 86 valence electrons. The summed E-state index contributed by atoms with van der Waals surface area (Å²) in [5.74, 6) is 0.0255. The van der Waals surface area contributed by atoms with Gasteiger partial charge in [0, 0.05) is 12.5 Å². The van der Waals surface area contributed by atoms with Gasteiger partial charge in [0.25, 0.3) is 0 Å². The molecule has 1 amide bonds. The minimum Gasteiger partial charge on any atom is -0.352 e. The van der Waals surface area contributed by atoms with Gasteiger partial charge in [-0.05, 0) is 41.9 Å². The first-order valence-corrected chi connectivity index (χ1v) is 4.33. The van der Waals surface area contributed by atoms with E-state index in [9.17, 15) is 4.79 Å². The van der Waals surface area contributed by atoms with Crippen molar-refractivity contribution in [3.05, 3.63) is 0 Å². The van der Waals surface area contributed by atoms with Gasteiger partial charge in [-0.15, -0.1) is 0 Å². The normalized spacial score (nSPS) is 9.14. The number of hydrogen-bond donors (Lipinski definition) is 1. The Morgan fingerprint density at radius 1 is 1.14 bits per heavy atom. The van der Waals surface area contributed by atoms with Gasteiger partial charge in [0.05, 0.1) is 0 Å². The van der Waals surface area contributed by atoms with E-state index in [4.69, 9.17) is 4.79 Å². The number of nitrogens with one attached hydrogen (secondary N) is 1. The second kappa shape index (κ2) is 10.2. The van der Waals surface area contributed by atoms with E-state index in [1.165, 1.54) is 6.92 Å². The van der Waals surface area contributed by atoms with Crippen LogP contribution < -0.4 is 5.32 Å². The highest BCUT2D eigenvalue weighted by atomic mass is 16.1. The van der Waals surface area contributed by atoms with Crippen molar-refractivity contribution < 1.29 is 9.59 Å². The van der Waals surface area contributed by atoms with Gasteiger partial charge in [0.2, 0.25) is 5.91 Å². The monoisotopic (exact) mass is 204 g/mol. The number of nitrogens with zero attached hydrogens (tertiary/aromatic N) is 1. The molecule has 0 rings (SSSR count). The summed E-state index contributed by atoms with van der Waals surface area (Å²) in [7, 11) is 6.00. The first kappa shape index (κ1) is 18.8. The number of rotatable bonds is 0. The van der Waals surface area contributed by atoms with Gasteiger partial charge in [0.1, 0.15) is 6.79 Å². The average Bonchev–Trinajstić information content (AvgIpc) is 1.84. The van der Waals surface area contributed by atoms with Gasteiger partial charge < -0.3 is 15.0 Å². The van der Waals surface area contributed by atoms with Crippen LogP contribution in [-0.4, -0.2) is 44.3 Å². The van der Waals surface area contributed by atoms with E-state index in [-0.39, 0.29) is 11.4 Å². The van der Waals surface area contributed by atoms with Gasteiger partial charge >= 0.3 is 0 Å². The highest BCUT2D eigenvalue weighted by Gasteiger charge is 2.08. The predicted octanol–water partition coefficient (Wildman–Crippen LogP) is 0.914. The van der Waals surface area contributed by atoms with E-state index < -0.39 is 0 Å². The van der Waals surface area contributed by atoms with Crippen molar-refractivity contribution in [2.45, 2.75) is 33.2 Å². The Balaban J connectivity index is -0.000000170. The summed E-state index contributed by atoms with van der Waals surface area (Å²) in [5, 5.41) is 2.74. The maximum Gasteiger partial charge on any atom is 0.217 e. The van der Waals surface area contributed by atoms with Crippen molar-refractivity contribution in [3.63, 3.8) is 0 Å². The summed E-state index contributed by atoms with van der Waals surface area (Å²) in [6, 6.07) is 0. The van der Waals surface area contributed by atoms with Crippen LogP contribution in [0.4, 0.5) is 0 Å². The smallest absolute Gasteiger partial charge is 0.217 e. The fourth-order valence-electron chi connectivity index (χ4n) is 0.528. The van der Waals surface area contributed by atoms with Gasteiger partial charge in [-0.25, -0.2) is 0 Å². The van der Waals surface area contributed by atoms with Crippen molar-refractivity contribution in [3.8, 4) is 0 Å². The zero-order chi connectivity index (χ0) is 12.4. The molecule has 0 saturated carbocycles. The third-order valence-electron chi connectivity index (χ3n) is 0.551. The van der Waals surface area contributed by atoms with Crippen molar-refractivity contribution >= 4 is 12.7 Å². The second-order valence-corrected chi connectivity index (χ2v) is 4.27. The van der Waals surface area contributed by atoms with Gasteiger partial charge in [0.15, 0.2) is 0 Å². The summed E-state index contributed by atoms with van der Waals surface area (Å²) in [6.07, 6.45) is 0. The number of carbonyl (C=O) groups excluding carboxylic acids is 2. The highest BCUT2D eigenvalue weighted by molar-refractivity contribution is 5.73. The van der Waals surface area contributed by atoms with Crippen LogP contribution in [0.5, 0.6) is 0 Å². The Morgan fingerprint density at radius 2 is 1.36 bits per heavy atom. The fourth-order valence-corrected chi connectivity index (χ4v) is 0.528. The van der Waals surface area contributed by atoms with Crippen LogP contribution in [0, 0.1) is 0 Å². The molecule has 0 aliphatic carbocycles. The van der Waals surface area contributed by atoms with Crippen LogP contribution in [0.2, 0.25) is 0 Å². The van der Waals surface area contributed by atoms with Gasteiger partial charge in [-0.1, -0.05) is 0 Å². The molecule has 0 aromatic heterocycles. The Labute approximate surface area is 87.7 Å². The van der Waals surface area contributed by atoms with Crippen LogP contribution in [0.25, 0.3) is 0 Å². The van der Waals surface area contributed by atoms with E-state index >= 15 is 0 Å². The molecule has 0 aromatic carbocycles. The first-order chi connectivity index (χ1) is 6.15. The van der Waals surface area contributed by atoms with Crippen LogP contribution in [0.15, 0.2) is 0 Å². The molecule has 0 bridgehead atoms. The lowest BCUT2D eigenvalue weighted by Gasteiger charge is -2.18. The maximum atomic E-state index is 10.3. The third-order valence-corrected chi connectivity index (χ3v) is 0.551. The predicted molar refractivity (Wildman–Crippen MR) is 60.3 cm³/mol. The van der Waals surface area contributed by atoms with E-state index in [0.29, 0.717) is 0 Å². The van der Waals surface area contributed by atoms with E-state index in [2.05, 4.69) is 5.32 Å². The topological polar surface area (TPSA) is 49.4 Å². The quantitative estimate of drug-likeness (QED) is 0.638. The maximum absolute atomic E-state index is 10.3. The number of carbonyl (C=O) groups is 2. The van der Waals surface area contributed by atoms with Crippen LogP contribution in [-0.2, 0) is 9.59 Å². The zero-order valence-electron chi connectivity index (χ0n) is 10.5. The summed E-state index contributed by atoms with van der Waals surface area (Å²) in [6.45, 7) is 9.38. The van der Waals surface area contributed by atoms with Crippen molar-refractivity contribution in [2.75, 3.05) is 21.1 Å². The fraction of sp³-hybridized carbons (Fsp3) is 0.800. The Hall–Kier alpha value is -0.900. The lowest BCUT2D eigenvalue weighted by atomic mass is 10.1. The second-order valence-electron chi connectivity index (χ2n) is 4.27. The highest BCUT2D eigenvalue weighted by Crippen LogP contribution is 1.96. The Bertz CT molecular complexity index is 137. The lowest BCUT2D eigenvalue weighted by Crippen LogP contribution is -2.38. The number of amides is 1. The SMILES string of the molecule is C=O.CC(=O)NC(C)(C)C.CN(C)C. The molecule has 0 heterocycles. The molecule has 0 aromatic rings. The molecule has 14 heavy (non-hydrogen) atoms. The lowest BCUT2D eigenvalue weighted by molar-refractivity contribution is -0.120. The van der Waals surface area contributed by atoms with Crippen LogP contribution in [0.1, 0.15) is 27.7 Å². The molecule has 0 aliphatic heterocycles. The Morgan fingerprint density at radius 3 is 1.36 bits per heavy atom. The van der Waals surface area contributed by atoms with E-state index in [1.807, 2.05) is 53.6 Å². The Kier molecular flexibility index (Phi) is 13.7.